The zero-order chi connectivity index (χ0) is 12.1. The highest BCUT2D eigenvalue weighted by Gasteiger charge is 2.25. The molecule has 1 atom stereocenters. The molecule has 1 aromatic heterocycles. The Bertz CT molecular complexity index is 299. The lowest BCUT2D eigenvalue weighted by molar-refractivity contribution is 0.295. The van der Waals surface area contributed by atoms with Gasteiger partial charge in [0.2, 0.25) is 0 Å². The van der Waals surface area contributed by atoms with Crippen molar-refractivity contribution < 1.29 is 4.42 Å². The molecule has 1 N–H and O–H groups in total. The van der Waals surface area contributed by atoms with Crippen LogP contribution in [0, 0.1) is 11.8 Å². The van der Waals surface area contributed by atoms with Gasteiger partial charge in [-0.05, 0) is 30.5 Å². The topological polar surface area (TPSA) is 25.2 Å². The summed E-state index contributed by atoms with van der Waals surface area (Å²) in [6, 6.07) is 4.68. The van der Waals surface area contributed by atoms with Crippen LogP contribution in [-0.4, -0.2) is 12.6 Å². The van der Waals surface area contributed by atoms with Crippen LogP contribution in [0.4, 0.5) is 0 Å². The molecule has 1 aromatic rings. The lowest BCUT2D eigenvalue weighted by Crippen LogP contribution is -2.33. The summed E-state index contributed by atoms with van der Waals surface area (Å²) in [5, 5.41) is 3.59. The van der Waals surface area contributed by atoms with Gasteiger partial charge in [0.1, 0.15) is 5.76 Å². The lowest BCUT2D eigenvalue weighted by atomic mass is 9.87. The van der Waals surface area contributed by atoms with E-state index in [0.717, 1.165) is 30.6 Å². The molecule has 0 saturated heterocycles. The van der Waals surface area contributed by atoms with Gasteiger partial charge in [-0.2, -0.15) is 0 Å². The van der Waals surface area contributed by atoms with E-state index in [1.54, 1.807) is 6.26 Å². The molecule has 0 aromatic carbocycles. The Labute approximate surface area is 105 Å². The molecule has 17 heavy (non-hydrogen) atoms. The Hall–Kier alpha value is -0.760. The molecular weight excluding hydrogens is 210 g/mol. The van der Waals surface area contributed by atoms with Crippen LogP contribution >= 0.6 is 0 Å². The Balaban J connectivity index is 1.91. The largest absolute Gasteiger partial charge is 0.469 e. The van der Waals surface area contributed by atoms with Gasteiger partial charge in [0.05, 0.1) is 6.26 Å². The summed E-state index contributed by atoms with van der Waals surface area (Å²) >= 11 is 0. The average molecular weight is 235 g/mol. The second kappa shape index (κ2) is 6.25. The van der Waals surface area contributed by atoms with Gasteiger partial charge < -0.3 is 9.73 Å². The first kappa shape index (κ1) is 12.7. The normalized spacial score (nSPS) is 19.0. The Morgan fingerprint density at radius 1 is 1.35 bits per heavy atom. The first-order chi connectivity index (χ1) is 8.25. The van der Waals surface area contributed by atoms with Crippen LogP contribution in [0.25, 0.3) is 0 Å². The second-order valence-electron chi connectivity index (χ2n) is 5.65. The van der Waals surface area contributed by atoms with E-state index in [0.29, 0.717) is 6.04 Å². The van der Waals surface area contributed by atoms with Gasteiger partial charge in [0.25, 0.3) is 0 Å². The predicted octanol–water partition coefficient (Wildman–Crippen LogP) is 3.63. The van der Waals surface area contributed by atoms with E-state index < -0.39 is 0 Å². The molecule has 0 amide bonds. The number of hydrogen-bond acceptors (Lipinski definition) is 2. The Kier molecular flexibility index (Phi) is 4.66. The minimum Gasteiger partial charge on any atom is -0.469 e. The fraction of sp³-hybridized carbons (Fsp3) is 0.733. The third-order valence-electron chi connectivity index (χ3n) is 3.90. The van der Waals surface area contributed by atoms with Crippen LogP contribution < -0.4 is 5.32 Å². The zero-order valence-corrected chi connectivity index (χ0v) is 11.1. The maximum Gasteiger partial charge on any atom is 0.104 e. The fourth-order valence-electron chi connectivity index (χ4n) is 2.91. The smallest absolute Gasteiger partial charge is 0.104 e. The highest BCUT2D eigenvalue weighted by molar-refractivity contribution is 5.00. The fourth-order valence-corrected chi connectivity index (χ4v) is 2.91. The second-order valence-corrected chi connectivity index (χ2v) is 5.65. The van der Waals surface area contributed by atoms with Gasteiger partial charge >= 0.3 is 0 Å². The number of rotatable bonds is 6. The molecule has 1 unspecified atom stereocenters. The van der Waals surface area contributed by atoms with Gasteiger partial charge in [-0.25, -0.2) is 0 Å². The van der Waals surface area contributed by atoms with Crippen molar-refractivity contribution in [3.05, 3.63) is 24.2 Å². The van der Waals surface area contributed by atoms with E-state index in [1.165, 1.54) is 25.7 Å². The van der Waals surface area contributed by atoms with Crippen LogP contribution in [0.3, 0.4) is 0 Å². The Morgan fingerprint density at radius 2 is 2.12 bits per heavy atom. The monoisotopic (exact) mass is 235 g/mol. The molecule has 1 heterocycles. The molecule has 0 spiro atoms. The van der Waals surface area contributed by atoms with Crippen LogP contribution in [0.15, 0.2) is 22.8 Å². The summed E-state index contributed by atoms with van der Waals surface area (Å²) in [5.41, 5.74) is 0. The molecule has 1 aliphatic carbocycles. The third kappa shape index (κ3) is 3.88. The molecule has 1 aliphatic rings. The minimum absolute atomic E-state index is 0.579. The van der Waals surface area contributed by atoms with Gasteiger partial charge in [-0.1, -0.05) is 39.5 Å². The summed E-state index contributed by atoms with van der Waals surface area (Å²) in [7, 11) is 0. The van der Waals surface area contributed by atoms with E-state index in [-0.39, 0.29) is 0 Å². The summed E-state index contributed by atoms with van der Waals surface area (Å²) in [4.78, 5) is 0. The van der Waals surface area contributed by atoms with Crippen LogP contribution in [-0.2, 0) is 6.42 Å². The van der Waals surface area contributed by atoms with Crippen molar-refractivity contribution in [2.45, 2.75) is 52.0 Å². The maximum absolute atomic E-state index is 5.50. The van der Waals surface area contributed by atoms with Crippen molar-refractivity contribution in [1.29, 1.82) is 0 Å². The van der Waals surface area contributed by atoms with Crippen molar-refractivity contribution >= 4 is 0 Å². The molecule has 96 valence electrons. The van der Waals surface area contributed by atoms with Gasteiger partial charge in [-0.15, -0.1) is 0 Å². The van der Waals surface area contributed by atoms with Crippen LogP contribution in [0.1, 0.15) is 45.3 Å². The molecule has 2 rings (SSSR count). The minimum atomic E-state index is 0.579. The molecule has 1 fully saturated rings. The summed E-state index contributed by atoms with van der Waals surface area (Å²) < 4.78 is 5.50. The summed E-state index contributed by atoms with van der Waals surface area (Å²) in [6.07, 6.45) is 8.53. The summed E-state index contributed by atoms with van der Waals surface area (Å²) in [6.45, 7) is 5.57. The SMILES string of the molecule is CC(C)NCC(Cc1ccco1)C1CCCC1. The molecule has 2 nitrogen and oxygen atoms in total. The molecule has 1 saturated carbocycles. The molecule has 0 radical (unpaired) electrons. The molecular formula is C15H25NO. The average Bonchev–Trinajstić information content (AvgIpc) is 2.96. The summed E-state index contributed by atoms with van der Waals surface area (Å²) in [5.74, 6) is 2.78. The van der Waals surface area contributed by atoms with Crippen molar-refractivity contribution in [3.8, 4) is 0 Å². The van der Waals surface area contributed by atoms with Gasteiger partial charge in [0, 0.05) is 12.5 Å². The molecule has 0 aliphatic heterocycles. The van der Waals surface area contributed by atoms with E-state index in [2.05, 4.69) is 25.2 Å². The molecule has 2 heteroatoms. The quantitative estimate of drug-likeness (QED) is 0.814. The van der Waals surface area contributed by atoms with Gasteiger partial charge in [0.15, 0.2) is 0 Å². The molecule has 0 bridgehead atoms. The highest BCUT2D eigenvalue weighted by Crippen LogP contribution is 2.33. The van der Waals surface area contributed by atoms with Crippen molar-refractivity contribution in [2.75, 3.05) is 6.54 Å². The number of furan rings is 1. The van der Waals surface area contributed by atoms with E-state index >= 15 is 0 Å². The van der Waals surface area contributed by atoms with Crippen molar-refractivity contribution in [3.63, 3.8) is 0 Å². The van der Waals surface area contributed by atoms with Gasteiger partial charge in [-0.3, -0.25) is 0 Å². The first-order valence-corrected chi connectivity index (χ1v) is 7.01. The standard InChI is InChI=1S/C15H25NO/c1-12(2)16-11-14(13-6-3-4-7-13)10-15-8-5-9-17-15/h5,8-9,12-14,16H,3-4,6-7,10-11H2,1-2H3. The van der Waals surface area contributed by atoms with E-state index in [9.17, 15) is 0 Å². The number of hydrogen-bond donors (Lipinski definition) is 1. The van der Waals surface area contributed by atoms with E-state index in [4.69, 9.17) is 4.42 Å². The Morgan fingerprint density at radius 3 is 2.71 bits per heavy atom. The van der Waals surface area contributed by atoms with Crippen molar-refractivity contribution in [1.82, 2.24) is 5.32 Å². The third-order valence-corrected chi connectivity index (χ3v) is 3.90. The van der Waals surface area contributed by atoms with Crippen LogP contribution in [0.2, 0.25) is 0 Å². The van der Waals surface area contributed by atoms with E-state index in [1.807, 2.05) is 6.07 Å². The predicted molar refractivity (Wildman–Crippen MR) is 71.0 cm³/mol. The van der Waals surface area contributed by atoms with Crippen LogP contribution in [0.5, 0.6) is 0 Å². The zero-order valence-electron chi connectivity index (χ0n) is 11.1. The number of nitrogens with one attached hydrogen (secondary N) is 1. The first-order valence-electron chi connectivity index (χ1n) is 7.01. The lowest BCUT2D eigenvalue weighted by Gasteiger charge is -2.24. The maximum atomic E-state index is 5.50. The van der Waals surface area contributed by atoms with Crippen molar-refractivity contribution in [2.24, 2.45) is 11.8 Å². The highest BCUT2D eigenvalue weighted by atomic mass is 16.3.